The number of amides is 3. The highest BCUT2D eigenvalue weighted by Gasteiger charge is 2.39. The number of benzene rings is 2. The van der Waals surface area contributed by atoms with Crippen LogP contribution in [0.4, 0.5) is 17.6 Å². The summed E-state index contributed by atoms with van der Waals surface area (Å²) in [6.07, 6.45) is -6.05. The predicted molar refractivity (Wildman–Crippen MR) is 111 cm³/mol. The van der Waals surface area contributed by atoms with Crippen molar-refractivity contribution >= 4 is 23.5 Å². The van der Waals surface area contributed by atoms with Crippen LogP contribution in [0.25, 0.3) is 0 Å². The van der Waals surface area contributed by atoms with Gasteiger partial charge in [0, 0.05) is 30.5 Å². The molecule has 0 aromatic heterocycles. The molecule has 0 spiro atoms. The molecule has 1 N–H and O–H groups in total. The van der Waals surface area contributed by atoms with E-state index in [9.17, 15) is 36.7 Å². The fourth-order valence-corrected chi connectivity index (χ4v) is 4.44. The van der Waals surface area contributed by atoms with Crippen LogP contribution >= 0.6 is 0 Å². The Labute approximate surface area is 191 Å². The van der Waals surface area contributed by atoms with Crippen LogP contribution in [0.2, 0.25) is 0 Å². The van der Waals surface area contributed by atoms with Crippen molar-refractivity contribution in [1.29, 1.82) is 0 Å². The van der Waals surface area contributed by atoms with Gasteiger partial charge in [0.05, 0.1) is 6.42 Å². The molecule has 4 rings (SSSR count). The van der Waals surface area contributed by atoms with Crippen molar-refractivity contribution in [1.82, 2.24) is 10.2 Å². The van der Waals surface area contributed by atoms with Crippen LogP contribution in [0.5, 0.6) is 0 Å². The van der Waals surface area contributed by atoms with E-state index in [1.807, 2.05) is 0 Å². The first-order valence-corrected chi connectivity index (χ1v) is 10.6. The van der Waals surface area contributed by atoms with Crippen molar-refractivity contribution in [3.05, 3.63) is 70.5 Å². The van der Waals surface area contributed by atoms with Crippen LogP contribution in [0.3, 0.4) is 0 Å². The van der Waals surface area contributed by atoms with E-state index in [-0.39, 0.29) is 30.5 Å². The van der Waals surface area contributed by atoms with Gasteiger partial charge in [-0.3, -0.25) is 24.5 Å². The minimum absolute atomic E-state index is 0.0391. The van der Waals surface area contributed by atoms with Gasteiger partial charge in [0.15, 0.2) is 5.78 Å². The summed E-state index contributed by atoms with van der Waals surface area (Å²) in [4.78, 5) is 50.5. The normalized spacial score (nSPS) is 19.1. The van der Waals surface area contributed by atoms with Crippen LogP contribution in [-0.2, 0) is 16.1 Å². The molecule has 2 aromatic rings. The number of rotatable bonds is 6. The first-order valence-electron chi connectivity index (χ1n) is 10.6. The molecule has 34 heavy (non-hydrogen) atoms. The number of carbonyl (C=O) groups excluding carboxylic acids is 4. The average molecular weight is 476 g/mol. The lowest BCUT2D eigenvalue weighted by molar-refractivity contribution is -0.139. The van der Waals surface area contributed by atoms with Crippen LogP contribution < -0.4 is 5.32 Å². The molecular weight excluding hydrogens is 456 g/mol. The van der Waals surface area contributed by atoms with Gasteiger partial charge in [-0.2, -0.15) is 13.2 Å². The van der Waals surface area contributed by atoms with Crippen LogP contribution in [0, 0.1) is 5.82 Å². The van der Waals surface area contributed by atoms with Crippen molar-refractivity contribution in [2.75, 3.05) is 0 Å². The number of carbonyl (C=O) groups is 4. The van der Waals surface area contributed by atoms with Gasteiger partial charge in [0.25, 0.3) is 5.91 Å². The Balaban J connectivity index is 1.53. The van der Waals surface area contributed by atoms with Crippen LogP contribution in [0.15, 0.2) is 42.5 Å². The lowest BCUT2D eigenvalue weighted by Crippen LogP contribution is -2.52. The molecule has 0 bridgehead atoms. The number of halogens is 4. The number of piperidine rings is 1. The second-order valence-electron chi connectivity index (χ2n) is 8.47. The first kappa shape index (κ1) is 23.6. The number of alkyl halides is 3. The molecule has 1 unspecified atom stereocenters. The molecule has 1 saturated heterocycles. The van der Waals surface area contributed by atoms with Crippen molar-refractivity contribution in [3.63, 3.8) is 0 Å². The zero-order valence-corrected chi connectivity index (χ0v) is 17.8. The predicted octanol–water partition coefficient (Wildman–Crippen LogP) is 3.90. The number of Topliss-reactive ketones (excluding diaryl/α,β-unsaturated/α-hetero) is 1. The molecule has 2 heterocycles. The summed E-state index contributed by atoms with van der Waals surface area (Å²) in [5.41, 5.74) is 0.961. The van der Waals surface area contributed by atoms with Crippen LogP contribution in [0.1, 0.15) is 63.4 Å². The van der Waals surface area contributed by atoms with Gasteiger partial charge in [-0.15, -0.1) is 0 Å². The molecule has 2 atom stereocenters. The largest absolute Gasteiger partial charge is 0.389 e. The summed E-state index contributed by atoms with van der Waals surface area (Å²) in [6, 6.07) is 8.15. The maximum absolute atomic E-state index is 13.6. The van der Waals surface area contributed by atoms with E-state index in [1.165, 1.54) is 35.2 Å². The quantitative estimate of drug-likeness (QED) is 0.390. The number of nitrogens with one attached hydrogen (secondary N) is 1. The van der Waals surface area contributed by atoms with E-state index in [1.54, 1.807) is 0 Å². The molecule has 3 amide bonds. The molecule has 2 aliphatic rings. The Morgan fingerprint density at radius 3 is 2.56 bits per heavy atom. The number of hydrogen-bond acceptors (Lipinski definition) is 4. The highest BCUT2D eigenvalue weighted by molar-refractivity contribution is 6.06. The van der Waals surface area contributed by atoms with E-state index in [4.69, 9.17) is 0 Å². The average Bonchev–Trinajstić information content (AvgIpc) is 3.08. The standard InChI is InChI=1S/C24H20F4N2O4/c25-17-3-1-2-13(9-17)15(11-24(26,27)28)10-20(31)14-4-5-18-16(8-14)12-30(23(18)34)19-6-7-21(32)29-22(19)33/h1-5,8-9,15,19H,6-7,10-12H2,(H,29,32,33)/t15-,19?/m0/s1. The summed E-state index contributed by atoms with van der Waals surface area (Å²) in [6.45, 7) is 0.0391. The first-order chi connectivity index (χ1) is 16.0. The van der Waals surface area contributed by atoms with E-state index < -0.39 is 60.3 Å². The van der Waals surface area contributed by atoms with Gasteiger partial charge in [-0.25, -0.2) is 4.39 Å². The Bertz CT molecular complexity index is 1180. The summed E-state index contributed by atoms with van der Waals surface area (Å²) in [5.74, 6) is -3.94. The molecule has 0 saturated carbocycles. The van der Waals surface area contributed by atoms with Gasteiger partial charge in [-0.05, 0) is 47.7 Å². The van der Waals surface area contributed by atoms with E-state index in [0.717, 1.165) is 12.1 Å². The molecule has 6 nitrogen and oxygen atoms in total. The maximum Gasteiger partial charge on any atom is 0.389 e. The molecule has 0 radical (unpaired) electrons. The SMILES string of the molecule is O=C1CCC(N2Cc3cc(C(=O)C[C@@H](CC(F)(F)F)c4cccc(F)c4)ccc3C2=O)C(=O)N1. The molecule has 2 aromatic carbocycles. The third-order valence-electron chi connectivity index (χ3n) is 6.08. The Morgan fingerprint density at radius 1 is 1.12 bits per heavy atom. The van der Waals surface area contributed by atoms with E-state index in [2.05, 4.69) is 5.32 Å². The third kappa shape index (κ3) is 5.00. The molecule has 178 valence electrons. The van der Waals surface area contributed by atoms with Crippen molar-refractivity contribution < 1.29 is 36.7 Å². The second-order valence-corrected chi connectivity index (χ2v) is 8.47. The minimum atomic E-state index is -4.55. The lowest BCUT2D eigenvalue weighted by Gasteiger charge is -2.29. The van der Waals surface area contributed by atoms with Crippen molar-refractivity contribution in [2.24, 2.45) is 0 Å². The van der Waals surface area contributed by atoms with Crippen LogP contribution in [-0.4, -0.2) is 40.6 Å². The fourth-order valence-electron chi connectivity index (χ4n) is 4.44. The molecule has 1 fully saturated rings. The second kappa shape index (κ2) is 9.00. The summed E-state index contributed by atoms with van der Waals surface area (Å²) >= 11 is 0. The van der Waals surface area contributed by atoms with Gasteiger partial charge >= 0.3 is 6.18 Å². The smallest absolute Gasteiger partial charge is 0.322 e. The zero-order chi connectivity index (χ0) is 24.6. The topological polar surface area (TPSA) is 83.6 Å². The zero-order valence-electron chi connectivity index (χ0n) is 17.8. The number of nitrogens with zero attached hydrogens (tertiary/aromatic N) is 1. The maximum atomic E-state index is 13.6. The number of fused-ring (bicyclic) bond motifs is 1. The number of hydrogen-bond donors (Lipinski definition) is 1. The molecule has 0 aliphatic carbocycles. The Kier molecular flexibility index (Phi) is 6.24. The highest BCUT2D eigenvalue weighted by Crippen LogP contribution is 2.35. The molecular formula is C24H20F4N2O4. The summed E-state index contributed by atoms with van der Waals surface area (Å²) < 4.78 is 53.0. The third-order valence-corrected chi connectivity index (χ3v) is 6.08. The van der Waals surface area contributed by atoms with Gasteiger partial charge in [0.1, 0.15) is 11.9 Å². The summed E-state index contributed by atoms with van der Waals surface area (Å²) in [5, 5.41) is 2.20. The van der Waals surface area contributed by atoms with E-state index in [0.29, 0.717) is 11.1 Å². The summed E-state index contributed by atoms with van der Waals surface area (Å²) in [7, 11) is 0. The van der Waals surface area contributed by atoms with Gasteiger partial charge < -0.3 is 4.90 Å². The minimum Gasteiger partial charge on any atom is -0.322 e. The highest BCUT2D eigenvalue weighted by atomic mass is 19.4. The lowest BCUT2D eigenvalue weighted by atomic mass is 9.88. The molecule has 2 aliphatic heterocycles. The monoisotopic (exact) mass is 476 g/mol. The fraction of sp³-hybridized carbons (Fsp3) is 0.333. The Hall–Kier alpha value is -3.56. The van der Waals surface area contributed by atoms with Crippen molar-refractivity contribution in [2.45, 2.75) is 50.4 Å². The Morgan fingerprint density at radius 2 is 1.88 bits per heavy atom. The van der Waals surface area contributed by atoms with Gasteiger partial charge in [0.2, 0.25) is 11.8 Å². The van der Waals surface area contributed by atoms with E-state index >= 15 is 0 Å². The number of ketones is 1. The number of imide groups is 1. The van der Waals surface area contributed by atoms with Gasteiger partial charge in [-0.1, -0.05) is 18.2 Å². The molecule has 10 heteroatoms. The van der Waals surface area contributed by atoms with Crippen molar-refractivity contribution in [3.8, 4) is 0 Å².